The quantitative estimate of drug-likeness (QED) is 0.206. The van der Waals surface area contributed by atoms with Crippen molar-refractivity contribution >= 4 is 22.6 Å². The number of alkyl halides is 3. The van der Waals surface area contributed by atoms with Gasteiger partial charge in [0, 0.05) is 16.1 Å². The van der Waals surface area contributed by atoms with Crippen molar-refractivity contribution in [1.29, 1.82) is 0 Å². The van der Waals surface area contributed by atoms with Crippen LogP contribution < -0.4 is 4.74 Å². The van der Waals surface area contributed by atoms with Crippen molar-refractivity contribution in [2.75, 3.05) is 0 Å². The third-order valence-electron chi connectivity index (χ3n) is 6.46. The molecule has 0 aliphatic carbocycles. The summed E-state index contributed by atoms with van der Waals surface area (Å²) in [4.78, 5) is 4.72. The van der Waals surface area contributed by atoms with E-state index in [2.05, 4.69) is 5.10 Å². The highest BCUT2D eigenvalue weighted by molar-refractivity contribution is 6.30. The van der Waals surface area contributed by atoms with E-state index in [1.54, 1.807) is 72.8 Å². The van der Waals surface area contributed by atoms with Gasteiger partial charge in [0.2, 0.25) is 0 Å². The topological polar surface area (TPSA) is 39.9 Å². The highest BCUT2D eigenvalue weighted by atomic mass is 35.5. The molecule has 4 nitrogen and oxygen atoms in total. The molecule has 0 atom stereocenters. The fourth-order valence-electron chi connectivity index (χ4n) is 4.50. The van der Waals surface area contributed by atoms with Gasteiger partial charge in [0.25, 0.3) is 0 Å². The maximum atomic E-state index is 14.6. The second-order valence-corrected chi connectivity index (χ2v) is 9.59. The van der Waals surface area contributed by atoms with Gasteiger partial charge >= 0.3 is 6.18 Å². The summed E-state index contributed by atoms with van der Waals surface area (Å²) in [6.07, 6.45) is -4.63. The van der Waals surface area contributed by atoms with Crippen LogP contribution in [0.5, 0.6) is 5.75 Å². The van der Waals surface area contributed by atoms with Gasteiger partial charge in [-0.1, -0.05) is 72.3 Å². The van der Waals surface area contributed by atoms with Crippen LogP contribution in [0.4, 0.5) is 13.2 Å². The zero-order valence-electron chi connectivity index (χ0n) is 20.9. The minimum Gasteiger partial charge on any atom is -0.489 e. The van der Waals surface area contributed by atoms with Crippen molar-refractivity contribution in [2.24, 2.45) is 0 Å². The van der Waals surface area contributed by atoms with Crippen LogP contribution in [0.25, 0.3) is 39.2 Å². The number of halogens is 4. The standard InChI is InChI=1S/C32H21ClF3N3O/c33-24-15-11-21(12-16-24)20-40-26-17-13-22(14-18-26)28-19-27(32(34,35)36)29-30(23-7-3-1-4-8-23)38-39(31(29)37-28)25-9-5-2-6-10-25/h1-19H,20H2. The molecule has 0 bridgehead atoms. The molecule has 6 rings (SSSR count). The molecular formula is C32H21ClF3N3O. The summed E-state index contributed by atoms with van der Waals surface area (Å²) in [6, 6.07) is 33.1. The number of fused-ring (bicyclic) bond motifs is 1. The second kappa shape index (κ2) is 10.5. The summed E-state index contributed by atoms with van der Waals surface area (Å²) in [5.74, 6) is 0.580. The highest BCUT2D eigenvalue weighted by Crippen LogP contribution is 2.41. The molecule has 0 unspecified atom stereocenters. The molecule has 0 spiro atoms. The van der Waals surface area contributed by atoms with E-state index in [-0.39, 0.29) is 22.4 Å². The lowest BCUT2D eigenvalue weighted by atomic mass is 10.0. The van der Waals surface area contributed by atoms with Crippen molar-refractivity contribution in [2.45, 2.75) is 12.8 Å². The zero-order valence-corrected chi connectivity index (χ0v) is 21.7. The predicted molar refractivity (Wildman–Crippen MR) is 151 cm³/mol. The number of rotatable bonds is 6. The molecule has 0 aliphatic rings. The first-order chi connectivity index (χ1) is 19.4. The molecule has 2 aromatic heterocycles. The Hall–Kier alpha value is -4.62. The molecule has 40 heavy (non-hydrogen) atoms. The molecule has 0 radical (unpaired) electrons. The first kappa shape index (κ1) is 25.6. The van der Waals surface area contributed by atoms with Gasteiger partial charge in [0.1, 0.15) is 18.1 Å². The normalized spacial score (nSPS) is 11.6. The van der Waals surface area contributed by atoms with E-state index in [9.17, 15) is 13.2 Å². The van der Waals surface area contributed by atoms with Gasteiger partial charge in [-0.15, -0.1) is 0 Å². The molecule has 0 aliphatic heterocycles. The SMILES string of the molecule is FC(F)(F)c1cc(-c2ccc(OCc3ccc(Cl)cc3)cc2)nc2c1c(-c1ccccc1)nn2-c1ccccc1. The molecule has 198 valence electrons. The number of benzene rings is 4. The average Bonchev–Trinajstić information content (AvgIpc) is 3.37. The van der Waals surface area contributed by atoms with Crippen LogP contribution in [0.2, 0.25) is 5.02 Å². The van der Waals surface area contributed by atoms with E-state index < -0.39 is 11.7 Å². The number of pyridine rings is 1. The fraction of sp³-hybridized carbons (Fsp3) is 0.0625. The van der Waals surface area contributed by atoms with Gasteiger partial charge in [0.15, 0.2) is 5.65 Å². The van der Waals surface area contributed by atoms with Gasteiger partial charge in [-0.3, -0.25) is 0 Å². The molecule has 0 amide bonds. The molecule has 6 aromatic rings. The van der Waals surface area contributed by atoms with Crippen LogP contribution in [0.3, 0.4) is 0 Å². The fourth-order valence-corrected chi connectivity index (χ4v) is 4.63. The van der Waals surface area contributed by atoms with Gasteiger partial charge in [0.05, 0.1) is 22.3 Å². The van der Waals surface area contributed by atoms with E-state index in [1.165, 1.54) is 4.68 Å². The molecule has 0 fully saturated rings. The monoisotopic (exact) mass is 555 g/mol. The lowest BCUT2D eigenvalue weighted by Crippen LogP contribution is -2.08. The molecular weight excluding hydrogens is 535 g/mol. The van der Waals surface area contributed by atoms with Crippen LogP contribution in [-0.4, -0.2) is 14.8 Å². The largest absolute Gasteiger partial charge is 0.489 e. The molecule has 0 saturated carbocycles. The summed E-state index contributed by atoms with van der Waals surface area (Å²) in [6.45, 7) is 0.331. The molecule has 8 heteroatoms. The molecule has 0 saturated heterocycles. The van der Waals surface area contributed by atoms with Crippen molar-refractivity contribution in [3.8, 4) is 34.0 Å². The number of para-hydroxylation sites is 1. The first-order valence-corrected chi connectivity index (χ1v) is 12.8. The highest BCUT2D eigenvalue weighted by Gasteiger charge is 2.36. The van der Waals surface area contributed by atoms with Crippen LogP contribution >= 0.6 is 11.6 Å². The van der Waals surface area contributed by atoms with Crippen LogP contribution in [0.15, 0.2) is 115 Å². The lowest BCUT2D eigenvalue weighted by Gasteiger charge is -2.13. The third-order valence-corrected chi connectivity index (χ3v) is 6.71. The Morgan fingerprint density at radius 1 is 0.750 bits per heavy atom. The van der Waals surface area contributed by atoms with E-state index in [0.29, 0.717) is 34.2 Å². The number of nitrogens with zero attached hydrogens (tertiary/aromatic N) is 3. The van der Waals surface area contributed by atoms with Crippen LogP contribution in [0, 0.1) is 0 Å². The molecule has 4 aromatic carbocycles. The smallest absolute Gasteiger partial charge is 0.417 e. The van der Waals surface area contributed by atoms with Crippen molar-refractivity contribution in [3.05, 3.63) is 131 Å². The average molecular weight is 556 g/mol. The maximum Gasteiger partial charge on any atom is 0.417 e. The van der Waals surface area contributed by atoms with Crippen LogP contribution in [0.1, 0.15) is 11.1 Å². The van der Waals surface area contributed by atoms with Gasteiger partial charge in [-0.05, 0) is 60.2 Å². The van der Waals surface area contributed by atoms with Crippen molar-refractivity contribution in [3.63, 3.8) is 0 Å². The predicted octanol–water partition coefficient (Wildman–Crippen LogP) is 9.01. The summed E-state index contributed by atoms with van der Waals surface area (Å²) in [7, 11) is 0. The van der Waals surface area contributed by atoms with Gasteiger partial charge < -0.3 is 4.74 Å². The van der Waals surface area contributed by atoms with E-state index in [0.717, 1.165) is 11.6 Å². The minimum atomic E-state index is -4.63. The Balaban J connectivity index is 1.45. The maximum absolute atomic E-state index is 14.6. The van der Waals surface area contributed by atoms with Crippen molar-refractivity contribution in [1.82, 2.24) is 14.8 Å². The summed E-state index contributed by atoms with van der Waals surface area (Å²) >= 11 is 5.93. The Morgan fingerprint density at radius 3 is 2.05 bits per heavy atom. The minimum absolute atomic E-state index is 0.0470. The Morgan fingerprint density at radius 2 is 1.40 bits per heavy atom. The Bertz CT molecular complexity index is 1770. The Labute approximate surface area is 233 Å². The van der Waals surface area contributed by atoms with Gasteiger partial charge in [-0.25, -0.2) is 9.67 Å². The number of hydrogen-bond donors (Lipinski definition) is 0. The summed E-state index contributed by atoms with van der Waals surface area (Å²) < 4.78 is 51.1. The summed E-state index contributed by atoms with van der Waals surface area (Å²) in [5.41, 5.74) is 2.38. The summed E-state index contributed by atoms with van der Waals surface area (Å²) in [5, 5.41) is 5.23. The number of ether oxygens (including phenoxy) is 1. The zero-order chi connectivity index (χ0) is 27.7. The third kappa shape index (κ3) is 5.16. The second-order valence-electron chi connectivity index (χ2n) is 9.15. The van der Waals surface area contributed by atoms with Crippen LogP contribution in [-0.2, 0) is 12.8 Å². The molecule has 2 heterocycles. The Kier molecular flexibility index (Phi) is 6.74. The van der Waals surface area contributed by atoms with Gasteiger partial charge in [-0.2, -0.15) is 18.3 Å². The van der Waals surface area contributed by atoms with Crippen molar-refractivity contribution < 1.29 is 17.9 Å². The van der Waals surface area contributed by atoms with E-state index in [1.807, 2.05) is 36.4 Å². The number of hydrogen-bond acceptors (Lipinski definition) is 3. The van der Waals surface area contributed by atoms with E-state index in [4.69, 9.17) is 21.3 Å². The van der Waals surface area contributed by atoms with E-state index >= 15 is 0 Å². The number of aromatic nitrogens is 3. The first-order valence-electron chi connectivity index (χ1n) is 12.5. The molecule has 0 N–H and O–H groups in total. The lowest BCUT2D eigenvalue weighted by molar-refractivity contribution is -0.136.